The fourth-order valence-electron chi connectivity index (χ4n) is 4.58. The van der Waals surface area contributed by atoms with Crippen LogP contribution in [0.25, 0.3) is 0 Å². The van der Waals surface area contributed by atoms with Crippen LogP contribution in [-0.2, 0) is 29.1 Å². The van der Waals surface area contributed by atoms with Crippen LogP contribution in [0.3, 0.4) is 0 Å². The molecular weight excluding hydrogens is 510 g/mol. The maximum absolute atomic E-state index is 12.8. The van der Waals surface area contributed by atoms with Crippen molar-refractivity contribution < 1.29 is 27.5 Å². The first-order chi connectivity index (χ1) is 15.7. The molecule has 0 radical (unpaired) electrons. The number of amides is 3. The van der Waals surface area contributed by atoms with E-state index >= 15 is 0 Å². The molecule has 1 aliphatic carbocycles. The van der Waals surface area contributed by atoms with E-state index in [1.54, 1.807) is 4.90 Å². The third kappa shape index (κ3) is 5.47. The number of nitrogens with zero attached hydrogens (tertiary/aromatic N) is 4. The van der Waals surface area contributed by atoms with Gasteiger partial charge in [-0.3, -0.25) is 14.4 Å². The van der Waals surface area contributed by atoms with E-state index < -0.39 is 32.8 Å². The van der Waals surface area contributed by atoms with Crippen LogP contribution < -0.4 is 15.4 Å². The summed E-state index contributed by atoms with van der Waals surface area (Å²) >= 11 is 0.615. The molecule has 0 spiro atoms. The Balaban J connectivity index is 0.00000324. The molecule has 186 valence electrons. The van der Waals surface area contributed by atoms with Crippen LogP contribution in [0.1, 0.15) is 32.6 Å². The van der Waals surface area contributed by atoms with Crippen molar-refractivity contribution in [3.05, 3.63) is 0 Å². The monoisotopic (exact) mass is 533 g/mol. The van der Waals surface area contributed by atoms with E-state index in [4.69, 9.17) is 4.74 Å². The van der Waals surface area contributed by atoms with E-state index in [0.29, 0.717) is 37.1 Å². The van der Waals surface area contributed by atoms with E-state index in [9.17, 15) is 28.1 Å². The van der Waals surface area contributed by atoms with Crippen molar-refractivity contribution >= 4 is 56.6 Å². The average molecular weight is 534 g/mol. The summed E-state index contributed by atoms with van der Waals surface area (Å²) in [5.41, 5.74) is 0. The lowest BCUT2D eigenvalue weighted by atomic mass is 9.97. The molecule has 13 nitrogen and oxygen atoms in total. The van der Waals surface area contributed by atoms with Crippen LogP contribution in [-0.4, -0.2) is 78.6 Å². The molecule has 1 aromatic heterocycles. The smallest absolute Gasteiger partial charge is 0.293 e. The maximum Gasteiger partial charge on any atom is 0.293 e. The van der Waals surface area contributed by atoms with Crippen LogP contribution in [0, 0.1) is 17.2 Å². The number of aromatic nitrogens is 2. The number of hydrogen-bond acceptors (Lipinski definition) is 11. The number of nitriles is 1. The summed E-state index contributed by atoms with van der Waals surface area (Å²) in [7, 11) is -4.25. The third-order valence-electron chi connectivity index (χ3n) is 5.95. The van der Waals surface area contributed by atoms with Crippen LogP contribution >= 0.6 is 23.7 Å². The minimum absolute atomic E-state index is 0. The Bertz CT molecular complexity index is 1110. The van der Waals surface area contributed by atoms with Crippen LogP contribution in [0.5, 0.6) is 0 Å². The van der Waals surface area contributed by atoms with Crippen LogP contribution in [0.2, 0.25) is 0 Å². The molecule has 0 unspecified atom stereocenters. The number of hydrogen-bond donors (Lipinski definition) is 3. The molecule has 0 aromatic carbocycles. The van der Waals surface area contributed by atoms with Gasteiger partial charge in [0.15, 0.2) is 0 Å². The number of piperidine rings is 1. The normalized spacial score (nSPS) is 27.6. The number of carbonyl (C=O) groups is 3. The zero-order valence-electron chi connectivity index (χ0n) is 18.1. The van der Waals surface area contributed by atoms with Crippen molar-refractivity contribution in [2.75, 3.05) is 18.5 Å². The molecule has 1 aromatic rings. The summed E-state index contributed by atoms with van der Waals surface area (Å²) in [6.07, 6.45) is 2.46. The molecule has 34 heavy (non-hydrogen) atoms. The highest BCUT2D eigenvalue weighted by Crippen LogP contribution is 2.38. The molecule has 16 heteroatoms. The number of carbonyl (C=O) groups excluding carboxylic acids is 3. The largest absolute Gasteiger partial charge is 0.367 e. The molecule has 3 heterocycles. The summed E-state index contributed by atoms with van der Waals surface area (Å²) in [6.45, 7) is 1.35. The number of fused-ring (bicyclic) bond motifs is 2. The van der Waals surface area contributed by atoms with Gasteiger partial charge in [-0.2, -0.15) is 13.7 Å². The van der Waals surface area contributed by atoms with E-state index in [1.165, 1.54) is 6.92 Å². The van der Waals surface area contributed by atoms with Gasteiger partial charge in [0.1, 0.15) is 12.6 Å². The van der Waals surface area contributed by atoms with Gasteiger partial charge in [-0.25, -0.2) is 4.72 Å². The number of anilines is 1. The highest BCUT2D eigenvalue weighted by molar-refractivity contribution is 7.92. The second-order valence-corrected chi connectivity index (χ2v) is 11.1. The summed E-state index contributed by atoms with van der Waals surface area (Å²) in [4.78, 5) is 37.7. The molecule has 2 saturated heterocycles. The second-order valence-electron chi connectivity index (χ2n) is 8.23. The minimum atomic E-state index is -4.25. The van der Waals surface area contributed by atoms with Gasteiger partial charge < -0.3 is 20.3 Å². The van der Waals surface area contributed by atoms with Crippen LogP contribution in [0.15, 0.2) is 4.34 Å². The van der Waals surface area contributed by atoms with Gasteiger partial charge >= 0.3 is 0 Å². The van der Waals surface area contributed by atoms with Gasteiger partial charge in [0, 0.05) is 19.5 Å². The van der Waals surface area contributed by atoms with Gasteiger partial charge in [0.25, 0.3) is 20.3 Å². The van der Waals surface area contributed by atoms with Crippen molar-refractivity contribution in [1.29, 1.82) is 5.26 Å². The Morgan fingerprint density at radius 3 is 2.74 bits per heavy atom. The molecule has 3 amide bonds. The Morgan fingerprint density at radius 1 is 1.32 bits per heavy atom. The zero-order valence-corrected chi connectivity index (χ0v) is 20.5. The molecule has 4 rings (SSSR count). The topological polar surface area (TPSA) is 183 Å². The van der Waals surface area contributed by atoms with E-state index in [-0.39, 0.29) is 53.6 Å². The predicted molar refractivity (Wildman–Crippen MR) is 120 cm³/mol. The number of halogens is 1. The maximum atomic E-state index is 12.8. The van der Waals surface area contributed by atoms with Crippen molar-refractivity contribution in [3.63, 3.8) is 0 Å². The Morgan fingerprint density at radius 2 is 2.09 bits per heavy atom. The third-order valence-corrected chi connectivity index (χ3v) is 8.53. The fraction of sp³-hybridized carbons (Fsp3) is 0.667. The summed E-state index contributed by atoms with van der Waals surface area (Å²) in [5, 5.41) is 21.8. The molecule has 3 fully saturated rings. The summed E-state index contributed by atoms with van der Waals surface area (Å²) < 4.78 is 31.6. The lowest BCUT2D eigenvalue weighted by Gasteiger charge is -2.32. The fourth-order valence-corrected chi connectivity index (χ4v) is 6.50. The first-order valence-electron chi connectivity index (χ1n) is 10.4. The first-order valence-corrected chi connectivity index (χ1v) is 12.7. The van der Waals surface area contributed by atoms with Crippen molar-refractivity contribution in [3.8, 4) is 6.07 Å². The van der Waals surface area contributed by atoms with Gasteiger partial charge in [-0.1, -0.05) is 11.3 Å². The molecule has 3 N–H and O–H groups in total. The van der Waals surface area contributed by atoms with Crippen molar-refractivity contribution in [2.24, 2.45) is 5.92 Å². The molecule has 5 atom stereocenters. The van der Waals surface area contributed by atoms with E-state index in [1.807, 2.05) is 4.72 Å². The number of likely N-dealkylation sites (tertiary alicyclic amines) is 1. The number of nitrogens with one attached hydrogen (secondary N) is 3. The minimum Gasteiger partial charge on any atom is -0.367 e. The predicted octanol–water partition coefficient (Wildman–Crippen LogP) is -0.627. The lowest BCUT2D eigenvalue weighted by molar-refractivity contribution is -0.136. The first kappa shape index (κ1) is 26.2. The number of rotatable bonds is 7. The van der Waals surface area contributed by atoms with E-state index in [2.05, 4.69) is 26.9 Å². The van der Waals surface area contributed by atoms with Gasteiger partial charge in [-0.05, 0) is 31.6 Å². The quantitative estimate of drug-likeness (QED) is 0.381. The second kappa shape index (κ2) is 10.5. The highest BCUT2D eigenvalue weighted by Gasteiger charge is 2.50. The SMILES string of the molecule is CC(=O)Nc1nnc(S(=O)(=O)NC(=O)CO[C@@H]2C[C@H]3C[C@@H]2N[C@@H]3C(=O)N2CCC[C@H]2C#N)s1.Cl. The van der Waals surface area contributed by atoms with E-state index in [0.717, 1.165) is 6.42 Å². The highest BCUT2D eigenvalue weighted by atomic mass is 35.5. The summed E-state index contributed by atoms with van der Waals surface area (Å²) in [5.74, 6) is -1.32. The van der Waals surface area contributed by atoms with Crippen molar-refractivity contribution in [1.82, 2.24) is 25.1 Å². The van der Waals surface area contributed by atoms with Crippen LogP contribution in [0.4, 0.5) is 5.13 Å². The van der Waals surface area contributed by atoms with Gasteiger partial charge in [0.05, 0.1) is 18.2 Å². The molecule has 2 bridgehead atoms. The van der Waals surface area contributed by atoms with Gasteiger partial charge in [-0.15, -0.1) is 22.6 Å². The molecule has 1 saturated carbocycles. The molecule has 3 aliphatic rings. The standard InChI is InChI=1S/C18H23N7O6S2.ClH/c1-9(26)20-17-22-23-18(32-17)33(29,30)24-14(27)8-31-13-6-10-5-12(13)21-15(10)16(28)25-4-2-3-11(25)7-19;/h10-13,15,21H,2-6,8H2,1H3,(H,24,27)(H,20,22,26);1H/t10-,11+,12+,13-,15+;/m1./s1. The van der Waals surface area contributed by atoms with Crippen molar-refractivity contribution in [2.45, 2.75) is 61.2 Å². The Kier molecular flexibility index (Phi) is 8.09. The lowest BCUT2D eigenvalue weighted by Crippen LogP contribution is -2.54. The molecular formula is C18H24ClN7O6S2. The summed E-state index contributed by atoms with van der Waals surface area (Å²) in [6, 6.07) is 1.31. The van der Waals surface area contributed by atoms with Gasteiger partial charge in [0.2, 0.25) is 16.9 Å². The zero-order chi connectivity index (χ0) is 23.8. The molecule has 2 aliphatic heterocycles. The number of ether oxygens (including phenoxy) is 1. The Hall–Kier alpha value is -2.38. The average Bonchev–Trinajstić information content (AvgIpc) is 3.54. The Labute approximate surface area is 206 Å². The number of sulfonamides is 1.